The molecule has 3 N–H and O–H groups in total. The Morgan fingerprint density at radius 3 is 2.33 bits per heavy atom. The third kappa shape index (κ3) is 2.41. The van der Waals surface area contributed by atoms with E-state index in [1.807, 2.05) is 6.92 Å². The van der Waals surface area contributed by atoms with Crippen molar-refractivity contribution >= 4 is 0 Å². The van der Waals surface area contributed by atoms with Crippen LogP contribution in [0.25, 0.3) is 0 Å². The van der Waals surface area contributed by atoms with E-state index in [9.17, 15) is 15.3 Å². The van der Waals surface area contributed by atoms with Gasteiger partial charge in [-0.05, 0) is 106 Å². The molecule has 0 spiro atoms. The molecule has 4 aliphatic carbocycles. The second-order valence-corrected chi connectivity index (χ2v) is 10.2. The molecule has 0 unspecified atom stereocenters. The van der Waals surface area contributed by atoms with Gasteiger partial charge in [0.2, 0.25) is 0 Å². The van der Waals surface area contributed by atoms with Crippen LogP contribution in [0.15, 0.2) is 0 Å². The summed E-state index contributed by atoms with van der Waals surface area (Å²) in [4.78, 5) is 0. The molecule has 0 aliphatic heterocycles. The van der Waals surface area contributed by atoms with Gasteiger partial charge in [0.1, 0.15) is 0 Å². The molecule has 0 aromatic carbocycles. The van der Waals surface area contributed by atoms with Gasteiger partial charge in [-0.15, -0.1) is 0 Å². The average molecular weight is 337 g/mol. The van der Waals surface area contributed by atoms with E-state index in [-0.39, 0.29) is 12.0 Å². The molecule has 138 valence electrons. The molecule has 8 atom stereocenters. The van der Waals surface area contributed by atoms with E-state index < -0.39 is 11.2 Å². The van der Waals surface area contributed by atoms with Gasteiger partial charge in [0.05, 0.1) is 11.2 Å². The number of rotatable bonds is 2. The number of aliphatic hydroxyl groups excluding tert-OH is 1. The predicted octanol–water partition coefficient (Wildman–Crippen LogP) is 3.50. The molecule has 4 aliphatic rings. The molecular weight excluding hydrogens is 300 g/mol. The van der Waals surface area contributed by atoms with E-state index in [0.29, 0.717) is 12.3 Å². The number of hydrogen-bond acceptors (Lipinski definition) is 3. The van der Waals surface area contributed by atoms with Gasteiger partial charge in [0.25, 0.3) is 0 Å². The summed E-state index contributed by atoms with van der Waals surface area (Å²) in [7, 11) is 0. The van der Waals surface area contributed by atoms with Crippen LogP contribution in [0, 0.1) is 35.0 Å². The predicted molar refractivity (Wildman–Crippen MR) is 94.4 cm³/mol. The first kappa shape index (κ1) is 17.3. The maximum Gasteiger partial charge on any atom is 0.0725 e. The van der Waals surface area contributed by atoms with Crippen LogP contribution in [0.1, 0.15) is 78.1 Å². The quantitative estimate of drug-likeness (QED) is 0.723. The summed E-state index contributed by atoms with van der Waals surface area (Å²) < 4.78 is 0. The van der Waals surface area contributed by atoms with Crippen molar-refractivity contribution in [3.05, 3.63) is 0 Å². The lowest BCUT2D eigenvalue weighted by atomic mass is 9.48. The van der Waals surface area contributed by atoms with E-state index >= 15 is 0 Å². The van der Waals surface area contributed by atoms with Crippen molar-refractivity contribution in [1.29, 1.82) is 0 Å². The SMILES string of the molecule is C[C@@]1(O)CC[C@H]2[C@H](CC[C@@H]3[C@@H]2CC[C@@]2(C)[C@H]3CC[C@]2(O)CCO)C1. The van der Waals surface area contributed by atoms with Crippen LogP contribution in [0.2, 0.25) is 0 Å². The third-order valence-corrected chi connectivity index (χ3v) is 9.08. The molecule has 0 radical (unpaired) electrons. The lowest BCUT2D eigenvalue weighted by Crippen LogP contribution is -2.54. The molecule has 4 saturated carbocycles. The van der Waals surface area contributed by atoms with Crippen LogP contribution < -0.4 is 0 Å². The van der Waals surface area contributed by atoms with Gasteiger partial charge in [-0.3, -0.25) is 0 Å². The monoisotopic (exact) mass is 336 g/mol. The minimum Gasteiger partial charge on any atom is -0.396 e. The number of fused-ring (bicyclic) bond motifs is 5. The highest BCUT2D eigenvalue weighted by Crippen LogP contribution is 2.66. The van der Waals surface area contributed by atoms with Crippen molar-refractivity contribution in [2.75, 3.05) is 6.61 Å². The first-order valence-electron chi connectivity index (χ1n) is 10.4. The highest BCUT2D eigenvalue weighted by Gasteiger charge is 2.62. The van der Waals surface area contributed by atoms with E-state index in [1.165, 1.54) is 25.7 Å². The summed E-state index contributed by atoms with van der Waals surface area (Å²) in [6, 6.07) is 0. The topological polar surface area (TPSA) is 60.7 Å². The Balaban J connectivity index is 1.55. The molecule has 0 saturated heterocycles. The lowest BCUT2D eigenvalue weighted by molar-refractivity contribution is -0.145. The molecule has 0 amide bonds. The standard InChI is InChI=1S/C21H36O3/c1-19(23)8-5-15-14(13-19)3-4-17-16(15)6-9-20(2)18(17)7-10-21(20,24)11-12-22/h14-18,22-24H,3-13H2,1-2H3/t14-,15+,16-,17-,18+,19-,20+,21+/m1/s1. The zero-order chi connectivity index (χ0) is 17.2. The van der Waals surface area contributed by atoms with Gasteiger partial charge >= 0.3 is 0 Å². The maximum absolute atomic E-state index is 11.2. The van der Waals surface area contributed by atoms with Crippen molar-refractivity contribution in [2.24, 2.45) is 35.0 Å². The van der Waals surface area contributed by atoms with Crippen LogP contribution in [-0.4, -0.2) is 33.1 Å². The zero-order valence-electron chi connectivity index (χ0n) is 15.5. The zero-order valence-corrected chi connectivity index (χ0v) is 15.5. The highest BCUT2D eigenvalue weighted by atomic mass is 16.3. The molecule has 0 bridgehead atoms. The van der Waals surface area contributed by atoms with Crippen molar-refractivity contribution in [2.45, 2.75) is 89.3 Å². The van der Waals surface area contributed by atoms with E-state index in [4.69, 9.17) is 0 Å². The minimum absolute atomic E-state index is 0.00386. The van der Waals surface area contributed by atoms with E-state index in [2.05, 4.69) is 6.92 Å². The Morgan fingerprint density at radius 2 is 1.58 bits per heavy atom. The molecule has 4 fully saturated rings. The van der Waals surface area contributed by atoms with Gasteiger partial charge < -0.3 is 15.3 Å². The first-order chi connectivity index (χ1) is 11.3. The van der Waals surface area contributed by atoms with Crippen LogP contribution in [0.4, 0.5) is 0 Å². The van der Waals surface area contributed by atoms with E-state index in [0.717, 1.165) is 55.8 Å². The first-order valence-corrected chi connectivity index (χ1v) is 10.4. The molecular formula is C21H36O3. The normalized spacial score (nSPS) is 57.1. The molecule has 3 nitrogen and oxygen atoms in total. The summed E-state index contributed by atoms with van der Waals surface area (Å²) in [5.74, 6) is 3.74. The molecule has 0 aromatic heterocycles. The lowest BCUT2D eigenvalue weighted by Gasteiger charge is -2.58. The van der Waals surface area contributed by atoms with Gasteiger partial charge in [0, 0.05) is 6.61 Å². The van der Waals surface area contributed by atoms with Crippen molar-refractivity contribution < 1.29 is 15.3 Å². The summed E-state index contributed by atoms with van der Waals surface area (Å²) in [5.41, 5.74) is -1.08. The second kappa shape index (κ2) is 5.69. The average Bonchev–Trinajstić information content (AvgIpc) is 2.78. The fourth-order valence-electron chi connectivity index (χ4n) is 7.79. The molecule has 4 rings (SSSR count). The van der Waals surface area contributed by atoms with Gasteiger partial charge in [-0.25, -0.2) is 0 Å². The molecule has 24 heavy (non-hydrogen) atoms. The maximum atomic E-state index is 11.2. The third-order valence-electron chi connectivity index (χ3n) is 9.08. The Bertz CT molecular complexity index is 489. The van der Waals surface area contributed by atoms with Gasteiger partial charge in [0.15, 0.2) is 0 Å². The van der Waals surface area contributed by atoms with Crippen LogP contribution in [0.5, 0.6) is 0 Å². The summed E-state index contributed by atoms with van der Waals surface area (Å²) in [6.07, 6.45) is 10.7. The number of aliphatic hydroxyl groups is 3. The smallest absolute Gasteiger partial charge is 0.0725 e. The number of hydrogen-bond donors (Lipinski definition) is 3. The molecule has 0 heterocycles. The fraction of sp³-hybridized carbons (Fsp3) is 1.00. The largest absolute Gasteiger partial charge is 0.396 e. The Kier molecular flexibility index (Phi) is 4.10. The summed E-state index contributed by atoms with van der Waals surface area (Å²) in [6.45, 7) is 4.44. The van der Waals surface area contributed by atoms with Gasteiger partial charge in [-0.1, -0.05) is 6.92 Å². The Hall–Kier alpha value is -0.120. The van der Waals surface area contributed by atoms with Crippen LogP contribution in [0.3, 0.4) is 0 Å². The summed E-state index contributed by atoms with van der Waals surface area (Å²) in [5, 5.41) is 31.2. The minimum atomic E-state index is -0.648. The van der Waals surface area contributed by atoms with Crippen LogP contribution >= 0.6 is 0 Å². The Morgan fingerprint density at radius 1 is 0.833 bits per heavy atom. The van der Waals surface area contributed by atoms with Crippen molar-refractivity contribution in [3.8, 4) is 0 Å². The highest BCUT2D eigenvalue weighted by molar-refractivity contribution is 5.12. The van der Waals surface area contributed by atoms with Crippen molar-refractivity contribution in [3.63, 3.8) is 0 Å². The second-order valence-electron chi connectivity index (χ2n) is 10.2. The molecule has 0 aromatic rings. The van der Waals surface area contributed by atoms with Crippen molar-refractivity contribution in [1.82, 2.24) is 0 Å². The van der Waals surface area contributed by atoms with E-state index in [1.54, 1.807) is 0 Å². The fourth-order valence-corrected chi connectivity index (χ4v) is 7.79. The van der Waals surface area contributed by atoms with Gasteiger partial charge in [-0.2, -0.15) is 0 Å². The molecule has 3 heteroatoms. The van der Waals surface area contributed by atoms with Crippen LogP contribution in [-0.2, 0) is 0 Å². The summed E-state index contributed by atoms with van der Waals surface area (Å²) >= 11 is 0. The Labute approximate surface area is 146 Å².